The third kappa shape index (κ3) is 3.66. The number of rotatable bonds is 4. The molecule has 2 aromatic rings. The number of carbonyl (C=O) groups excluding carboxylic acids is 1. The van der Waals surface area contributed by atoms with Gasteiger partial charge in [-0.05, 0) is 25.1 Å². The molecule has 0 atom stereocenters. The van der Waals surface area contributed by atoms with Gasteiger partial charge in [0.05, 0.1) is 16.3 Å². The summed E-state index contributed by atoms with van der Waals surface area (Å²) in [4.78, 5) is 16.1. The Kier molecular flexibility index (Phi) is 4.70. The molecule has 0 bridgehead atoms. The van der Waals surface area contributed by atoms with Gasteiger partial charge >= 0.3 is 0 Å². The molecule has 0 aliphatic heterocycles. The molecule has 1 amide bonds. The summed E-state index contributed by atoms with van der Waals surface area (Å²) in [6.07, 6.45) is 1.32. The van der Waals surface area contributed by atoms with Crippen LogP contribution in [-0.2, 0) is 0 Å². The Hall–Kier alpha value is -2.21. The molecule has 1 aromatic heterocycles. The molecular weight excluding hydrogens is 300 g/mol. The van der Waals surface area contributed by atoms with Crippen LogP contribution in [0, 0.1) is 11.6 Å². The van der Waals surface area contributed by atoms with Crippen LogP contribution in [0.25, 0.3) is 0 Å². The largest absolute Gasteiger partial charge is 0.370 e. The Morgan fingerprint density at radius 2 is 2.10 bits per heavy atom. The number of pyridine rings is 1. The summed E-state index contributed by atoms with van der Waals surface area (Å²) >= 11 is 5.91. The maximum absolute atomic E-state index is 13.5. The SMILES string of the molecule is CCNc1cc(C(=O)Nc2cc(F)ccc2F)c(Cl)cn1. The highest BCUT2D eigenvalue weighted by atomic mass is 35.5. The maximum Gasteiger partial charge on any atom is 0.257 e. The molecule has 110 valence electrons. The van der Waals surface area contributed by atoms with Crippen LogP contribution in [0.4, 0.5) is 20.3 Å². The highest BCUT2D eigenvalue weighted by Gasteiger charge is 2.14. The lowest BCUT2D eigenvalue weighted by Crippen LogP contribution is -2.14. The minimum Gasteiger partial charge on any atom is -0.370 e. The van der Waals surface area contributed by atoms with Crippen LogP contribution in [0.15, 0.2) is 30.5 Å². The van der Waals surface area contributed by atoms with Crippen molar-refractivity contribution in [2.75, 3.05) is 17.2 Å². The first-order valence-corrected chi connectivity index (χ1v) is 6.55. The van der Waals surface area contributed by atoms with Gasteiger partial charge in [-0.25, -0.2) is 13.8 Å². The van der Waals surface area contributed by atoms with E-state index in [0.717, 1.165) is 18.2 Å². The summed E-state index contributed by atoms with van der Waals surface area (Å²) in [6.45, 7) is 2.49. The van der Waals surface area contributed by atoms with Crippen molar-refractivity contribution >= 4 is 29.0 Å². The monoisotopic (exact) mass is 311 g/mol. The predicted octanol–water partition coefficient (Wildman–Crippen LogP) is 3.70. The van der Waals surface area contributed by atoms with Crippen molar-refractivity contribution in [1.29, 1.82) is 0 Å². The normalized spacial score (nSPS) is 10.3. The number of aromatic nitrogens is 1. The van der Waals surface area contributed by atoms with E-state index in [2.05, 4.69) is 15.6 Å². The molecule has 21 heavy (non-hydrogen) atoms. The van der Waals surface area contributed by atoms with Gasteiger partial charge in [-0.1, -0.05) is 11.6 Å². The predicted molar refractivity (Wildman–Crippen MR) is 77.7 cm³/mol. The van der Waals surface area contributed by atoms with Crippen molar-refractivity contribution in [2.24, 2.45) is 0 Å². The summed E-state index contributed by atoms with van der Waals surface area (Å²) in [6, 6.07) is 4.24. The molecule has 2 rings (SSSR count). The quantitative estimate of drug-likeness (QED) is 0.905. The Labute approximate surface area is 125 Å². The molecule has 0 fully saturated rings. The molecule has 0 spiro atoms. The number of hydrogen-bond donors (Lipinski definition) is 2. The number of anilines is 2. The zero-order valence-corrected chi connectivity index (χ0v) is 11.8. The fourth-order valence-electron chi connectivity index (χ4n) is 1.67. The first-order valence-electron chi connectivity index (χ1n) is 6.17. The molecule has 1 heterocycles. The Morgan fingerprint density at radius 1 is 1.33 bits per heavy atom. The zero-order valence-electron chi connectivity index (χ0n) is 11.1. The van der Waals surface area contributed by atoms with Gasteiger partial charge in [0.15, 0.2) is 0 Å². The lowest BCUT2D eigenvalue weighted by Gasteiger charge is -2.09. The molecule has 7 heteroatoms. The first kappa shape index (κ1) is 15.2. The minimum absolute atomic E-state index is 0.117. The molecule has 0 saturated heterocycles. The average molecular weight is 312 g/mol. The fraction of sp³-hybridized carbons (Fsp3) is 0.143. The van der Waals surface area contributed by atoms with Crippen molar-refractivity contribution in [2.45, 2.75) is 6.92 Å². The van der Waals surface area contributed by atoms with Gasteiger partial charge in [-0.15, -0.1) is 0 Å². The van der Waals surface area contributed by atoms with Crippen LogP contribution in [0.2, 0.25) is 5.02 Å². The minimum atomic E-state index is -0.734. The summed E-state index contributed by atoms with van der Waals surface area (Å²) in [5.74, 6) is -1.57. The summed E-state index contributed by atoms with van der Waals surface area (Å²) < 4.78 is 26.6. The maximum atomic E-state index is 13.5. The molecule has 0 saturated carbocycles. The third-order valence-electron chi connectivity index (χ3n) is 2.63. The van der Waals surface area contributed by atoms with Crippen molar-refractivity contribution in [3.63, 3.8) is 0 Å². The van der Waals surface area contributed by atoms with E-state index in [1.807, 2.05) is 6.92 Å². The number of hydrogen-bond acceptors (Lipinski definition) is 3. The number of carbonyl (C=O) groups is 1. The van der Waals surface area contributed by atoms with E-state index in [9.17, 15) is 13.6 Å². The van der Waals surface area contributed by atoms with Gasteiger partial charge in [-0.2, -0.15) is 0 Å². The molecular formula is C14H12ClF2N3O. The van der Waals surface area contributed by atoms with Crippen molar-refractivity contribution in [1.82, 2.24) is 4.98 Å². The van der Waals surface area contributed by atoms with Gasteiger partial charge in [0.1, 0.15) is 17.5 Å². The Bertz CT molecular complexity index is 679. The van der Waals surface area contributed by atoms with E-state index < -0.39 is 17.5 Å². The van der Waals surface area contributed by atoms with E-state index in [4.69, 9.17) is 11.6 Å². The smallest absolute Gasteiger partial charge is 0.257 e. The number of halogens is 3. The average Bonchev–Trinajstić information content (AvgIpc) is 2.45. The van der Waals surface area contributed by atoms with E-state index in [1.54, 1.807) is 0 Å². The van der Waals surface area contributed by atoms with Crippen molar-refractivity contribution in [3.8, 4) is 0 Å². The number of benzene rings is 1. The van der Waals surface area contributed by atoms with Crippen LogP contribution in [0.3, 0.4) is 0 Å². The summed E-state index contributed by atoms with van der Waals surface area (Å²) in [5, 5.41) is 5.33. The van der Waals surface area contributed by atoms with Gasteiger partial charge in [0.25, 0.3) is 5.91 Å². The number of amides is 1. The van der Waals surface area contributed by atoms with Gasteiger partial charge < -0.3 is 10.6 Å². The third-order valence-corrected chi connectivity index (χ3v) is 2.94. The van der Waals surface area contributed by atoms with Crippen molar-refractivity contribution in [3.05, 3.63) is 52.7 Å². The van der Waals surface area contributed by atoms with Crippen LogP contribution in [0.1, 0.15) is 17.3 Å². The van der Waals surface area contributed by atoms with E-state index in [0.29, 0.717) is 12.4 Å². The highest BCUT2D eigenvalue weighted by molar-refractivity contribution is 6.34. The lowest BCUT2D eigenvalue weighted by molar-refractivity contribution is 0.102. The van der Waals surface area contributed by atoms with Crippen LogP contribution >= 0.6 is 11.6 Å². The summed E-state index contributed by atoms with van der Waals surface area (Å²) in [5.41, 5.74) is -0.135. The molecule has 0 radical (unpaired) electrons. The summed E-state index contributed by atoms with van der Waals surface area (Å²) in [7, 11) is 0. The standard InChI is InChI=1S/C14H12ClF2N3O/c1-2-18-13-6-9(10(15)7-19-13)14(21)20-12-5-8(16)3-4-11(12)17/h3-7H,2H2,1H3,(H,18,19)(H,20,21). The topological polar surface area (TPSA) is 54.0 Å². The number of nitrogens with zero attached hydrogens (tertiary/aromatic N) is 1. The Morgan fingerprint density at radius 3 is 2.81 bits per heavy atom. The fourth-order valence-corrected chi connectivity index (χ4v) is 1.86. The highest BCUT2D eigenvalue weighted by Crippen LogP contribution is 2.21. The second-order valence-corrected chi connectivity index (χ2v) is 4.57. The molecule has 1 aromatic carbocycles. The van der Waals surface area contributed by atoms with Crippen molar-refractivity contribution < 1.29 is 13.6 Å². The van der Waals surface area contributed by atoms with E-state index in [1.165, 1.54) is 12.3 Å². The van der Waals surface area contributed by atoms with Crippen LogP contribution in [-0.4, -0.2) is 17.4 Å². The van der Waals surface area contributed by atoms with Crippen LogP contribution < -0.4 is 10.6 Å². The van der Waals surface area contributed by atoms with Gasteiger partial charge in [-0.3, -0.25) is 4.79 Å². The van der Waals surface area contributed by atoms with Crippen LogP contribution in [0.5, 0.6) is 0 Å². The zero-order chi connectivity index (χ0) is 15.4. The molecule has 0 unspecified atom stereocenters. The second-order valence-electron chi connectivity index (χ2n) is 4.16. The lowest BCUT2D eigenvalue weighted by atomic mass is 10.2. The number of nitrogens with one attached hydrogen (secondary N) is 2. The second kappa shape index (κ2) is 6.49. The molecule has 0 aliphatic rings. The van der Waals surface area contributed by atoms with Gasteiger partial charge in [0.2, 0.25) is 0 Å². The molecule has 4 nitrogen and oxygen atoms in total. The molecule has 0 aliphatic carbocycles. The van der Waals surface area contributed by atoms with Gasteiger partial charge in [0, 0.05) is 18.8 Å². The van der Waals surface area contributed by atoms with E-state index >= 15 is 0 Å². The van der Waals surface area contributed by atoms with E-state index in [-0.39, 0.29) is 16.3 Å². The first-order chi connectivity index (χ1) is 10.0. The Balaban J connectivity index is 2.27. The molecule has 2 N–H and O–H groups in total.